The Morgan fingerprint density at radius 2 is 1.79 bits per heavy atom. The molecule has 1 aromatic carbocycles. The number of anilines is 1. The maximum Gasteiger partial charge on any atom is 0.573 e. The third-order valence-electron chi connectivity index (χ3n) is 7.41. The Labute approximate surface area is 221 Å². The van der Waals surface area contributed by atoms with Gasteiger partial charge in [0.2, 0.25) is 11.8 Å². The molecule has 0 spiro atoms. The van der Waals surface area contributed by atoms with Crippen molar-refractivity contribution >= 4 is 17.5 Å². The van der Waals surface area contributed by atoms with E-state index in [-0.39, 0.29) is 24.0 Å². The highest BCUT2D eigenvalue weighted by molar-refractivity contribution is 5.88. The molecule has 2 N–H and O–H groups in total. The van der Waals surface area contributed by atoms with E-state index in [1.165, 1.54) is 43.5 Å². The Morgan fingerprint density at radius 3 is 2.42 bits per heavy atom. The number of carbonyl (C=O) groups excluding carboxylic acids is 2. The average Bonchev–Trinajstić information content (AvgIpc) is 3.67. The van der Waals surface area contributed by atoms with E-state index in [4.69, 9.17) is 4.74 Å². The number of rotatable bonds is 9. The fourth-order valence-corrected chi connectivity index (χ4v) is 4.93. The number of carbonyl (C=O) groups is 2. The summed E-state index contributed by atoms with van der Waals surface area (Å²) in [7, 11) is 0. The van der Waals surface area contributed by atoms with Crippen LogP contribution in [0.4, 0.5) is 18.9 Å². The van der Waals surface area contributed by atoms with Gasteiger partial charge in [0.15, 0.2) is 0 Å². The Kier molecular flexibility index (Phi) is 9.42. The summed E-state index contributed by atoms with van der Waals surface area (Å²) in [6, 6.07) is 5.48. The summed E-state index contributed by atoms with van der Waals surface area (Å²) in [5.41, 5.74) is 0.148. The summed E-state index contributed by atoms with van der Waals surface area (Å²) in [4.78, 5) is 28.0. The van der Waals surface area contributed by atoms with Gasteiger partial charge in [0.25, 0.3) is 0 Å². The third-order valence-corrected chi connectivity index (χ3v) is 7.41. The molecule has 1 unspecified atom stereocenters. The fourth-order valence-electron chi connectivity index (χ4n) is 4.93. The third kappa shape index (κ3) is 8.83. The van der Waals surface area contributed by atoms with Crippen molar-refractivity contribution < 1.29 is 32.2 Å². The van der Waals surface area contributed by atoms with Gasteiger partial charge in [0, 0.05) is 38.2 Å². The summed E-state index contributed by atoms with van der Waals surface area (Å²) in [6.45, 7) is 2.44. The summed E-state index contributed by atoms with van der Waals surface area (Å²) in [5.74, 6) is 5.52. The van der Waals surface area contributed by atoms with Gasteiger partial charge >= 0.3 is 6.36 Å². The number of alkyl halides is 3. The summed E-state index contributed by atoms with van der Waals surface area (Å²) < 4.78 is 46.4. The van der Waals surface area contributed by atoms with E-state index in [0.717, 1.165) is 32.1 Å². The number of nitrogens with zero attached hydrogens (tertiary/aromatic N) is 1. The van der Waals surface area contributed by atoms with Gasteiger partial charge in [-0.2, -0.15) is 0 Å². The maximum absolute atomic E-state index is 13.3. The molecule has 2 amide bonds. The van der Waals surface area contributed by atoms with Gasteiger partial charge in [-0.3, -0.25) is 9.59 Å². The molecule has 0 aromatic heterocycles. The first-order valence-corrected chi connectivity index (χ1v) is 13.5. The zero-order valence-corrected chi connectivity index (χ0v) is 21.6. The lowest BCUT2D eigenvalue weighted by Crippen LogP contribution is -2.46. The van der Waals surface area contributed by atoms with Crippen LogP contribution in [0.25, 0.3) is 0 Å². The first-order valence-electron chi connectivity index (χ1n) is 13.5. The van der Waals surface area contributed by atoms with Crippen molar-refractivity contribution in [3.05, 3.63) is 24.3 Å². The van der Waals surface area contributed by atoms with E-state index in [1.54, 1.807) is 4.90 Å². The SMILES string of the molecule is O=C(NC1(CNc2ccc(OC(F)(F)F)cc2)CC1)C(C#CCC1CCCCC1)CC(=O)N1CCOCC1. The molecule has 0 radical (unpaired) electrons. The van der Waals surface area contributed by atoms with Crippen LogP contribution in [-0.2, 0) is 14.3 Å². The van der Waals surface area contributed by atoms with Crippen LogP contribution in [0, 0.1) is 23.7 Å². The molecule has 0 bridgehead atoms. The number of benzene rings is 1. The Bertz CT molecular complexity index is 1000. The monoisotopic (exact) mass is 535 g/mol. The molecule has 1 aliphatic heterocycles. The molecule has 1 atom stereocenters. The second-order valence-corrected chi connectivity index (χ2v) is 10.5. The van der Waals surface area contributed by atoms with E-state index in [2.05, 4.69) is 27.2 Å². The van der Waals surface area contributed by atoms with Crippen LogP contribution in [0.5, 0.6) is 5.75 Å². The quantitative estimate of drug-likeness (QED) is 0.456. The number of halogens is 3. The van der Waals surface area contributed by atoms with Gasteiger partial charge < -0.3 is 25.0 Å². The Balaban J connectivity index is 1.34. The van der Waals surface area contributed by atoms with Crippen LogP contribution in [0.1, 0.15) is 57.8 Å². The van der Waals surface area contributed by atoms with Crippen molar-refractivity contribution in [1.82, 2.24) is 10.2 Å². The van der Waals surface area contributed by atoms with E-state index < -0.39 is 17.8 Å². The molecule has 1 heterocycles. The lowest BCUT2D eigenvalue weighted by Gasteiger charge is -2.28. The molecular weight excluding hydrogens is 499 g/mol. The lowest BCUT2D eigenvalue weighted by atomic mass is 9.87. The van der Waals surface area contributed by atoms with Crippen molar-refractivity contribution in [2.45, 2.75) is 69.7 Å². The number of amides is 2. The highest BCUT2D eigenvalue weighted by atomic mass is 19.4. The van der Waals surface area contributed by atoms with E-state index in [0.29, 0.717) is 44.5 Å². The number of morpholine rings is 1. The van der Waals surface area contributed by atoms with E-state index >= 15 is 0 Å². The minimum absolute atomic E-state index is 0.0354. The minimum Gasteiger partial charge on any atom is -0.406 e. The highest BCUT2D eigenvalue weighted by Crippen LogP contribution is 2.36. The van der Waals surface area contributed by atoms with Crippen LogP contribution >= 0.6 is 0 Å². The summed E-state index contributed by atoms with van der Waals surface area (Å²) in [6.07, 6.45) is 3.61. The zero-order valence-electron chi connectivity index (χ0n) is 21.6. The van der Waals surface area contributed by atoms with Gasteiger partial charge in [-0.05, 0) is 55.9 Å². The van der Waals surface area contributed by atoms with Gasteiger partial charge in [0.1, 0.15) is 11.7 Å². The molecule has 1 aromatic rings. The number of nitrogens with one attached hydrogen (secondary N) is 2. The van der Waals surface area contributed by atoms with Crippen molar-refractivity contribution in [3.63, 3.8) is 0 Å². The fraction of sp³-hybridized carbons (Fsp3) is 0.643. The van der Waals surface area contributed by atoms with Crippen LogP contribution in [0.3, 0.4) is 0 Å². The molecule has 7 nitrogen and oxygen atoms in total. The second kappa shape index (κ2) is 12.7. The summed E-state index contributed by atoms with van der Waals surface area (Å²) >= 11 is 0. The predicted molar refractivity (Wildman–Crippen MR) is 136 cm³/mol. The molecular formula is C28H36F3N3O4. The first-order chi connectivity index (χ1) is 18.2. The van der Waals surface area contributed by atoms with E-state index in [9.17, 15) is 22.8 Å². The normalized spacial score (nSPS) is 20.0. The molecule has 3 aliphatic rings. The summed E-state index contributed by atoms with van der Waals surface area (Å²) in [5, 5.41) is 6.29. The van der Waals surface area contributed by atoms with Crippen molar-refractivity contribution in [3.8, 4) is 17.6 Å². The average molecular weight is 536 g/mol. The predicted octanol–water partition coefficient (Wildman–Crippen LogP) is 4.48. The standard InChI is InChI=1S/C28H36F3N3O4/c29-28(30,31)38-24-11-9-23(10-12-24)32-20-27(13-14-27)33-26(36)22(8-4-7-21-5-2-1-3-6-21)19-25(35)34-15-17-37-18-16-34/h9-12,21-22,32H,1-3,5-7,13-20H2,(H,33,36). The topological polar surface area (TPSA) is 79.9 Å². The molecule has 3 fully saturated rings. The van der Waals surface area contributed by atoms with Crippen LogP contribution in [-0.4, -0.2) is 61.5 Å². The first kappa shape index (κ1) is 28.1. The van der Waals surface area contributed by atoms with Crippen molar-refractivity contribution in [2.24, 2.45) is 11.8 Å². The highest BCUT2D eigenvalue weighted by Gasteiger charge is 2.45. The molecule has 208 valence electrons. The van der Waals surface area contributed by atoms with Gasteiger partial charge in [-0.15, -0.1) is 19.1 Å². The maximum atomic E-state index is 13.3. The molecule has 1 saturated heterocycles. The van der Waals surface area contributed by atoms with Gasteiger partial charge in [-0.1, -0.05) is 25.2 Å². The largest absolute Gasteiger partial charge is 0.573 e. The molecule has 38 heavy (non-hydrogen) atoms. The minimum atomic E-state index is -4.74. The molecule has 2 aliphatic carbocycles. The van der Waals surface area contributed by atoms with Gasteiger partial charge in [0.05, 0.1) is 18.8 Å². The second-order valence-electron chi connectivity index (χ2n) is 10.5. The smallest absolute Gasteiger partial charge is 0.406 e. The zero-order chi connectivity index (χ0) is 27.0. The van der Waals surface area contributed by atoms with Crippen molar-refractivity contribution in [1.29, 1.82) is 0 Å². The number of hydrogen-bond donors (Lipinski definition) is 2. The van der Waals surface area contributed by atoms with Crippen molar-refractivity contribution in [2.75, 3.05) is 38.2 Å². The molecule has 10 heteroatoms. The van der Waals surface area contributed by atoms with Crippen LogP contribution < -0.4 is 15.4 Å². The van der Waals surface area contributed by atoms with Gasteiger partial charge in [-0.25, -0.2) is 0 Å². The molecule has 4 rings (SSSR count). The number of ether oxygens (including phenoxy) is 2. The number of hydrogen-bond acceptors (Lipinski definition) is 5. The molecule has 2 saturated carbocycles. The lowest BCUT2D eigenvalue weighted by molar-refractivity contribution is -0.274. The Morgan fingerprint density at radius 1 is 1.11 bits per heavy atom. The van der Waals surface area contributed by atoms with Crippen LogP contribution in [0.2, 0.25) is 0 Å². The van der Waals surface area contributed by atoms with E-state index in [1.807, 2.05) is 0 Å². The Hall–Kier alpha value is -2.93. The van der Waals surface area contributed by atoms with Crippen LogP contribution in [0.15, 0.2) is 24.3 Å².